The first-order valence-electron chi connectivity index (χ1n) is 10.1. The Morgan fingerprint density at radius 1 is 1.11 bits per heavy atom. The summed E-state index contributed by atoms with van der Waals surface area (Å²) in [6.07, 6.45) is 7.63. The van der Waals surface area contributed by atoms with Crippen LogP contribution in [-0.2, 0) is 6.42 Å². The number of hydrogen-bond acceptors (Lipinski definition) is 1. The number of halogens is 2. The monoisotopic (exact) mass is 365 g/mol. The molecule has 1 fully saturated rings. The van der Waals surface area contributed by atoms with E-state index < -0.39 is 11.6 Å². The van der Waals surface area contributed by atoms with Gasteiger partial charge in [0.25, 0.3) is 0 Å². The topological polar surface area (TPSA) is 23.8 Å². The van der Waals surface area contributed by atoms with Crippen molar-refractivity contribution >= 4 is 0 Å². The third kappa shape index (κ3) is 3.27. The first-order valence-corrected chi connectivity index (χ1v) is 10.1. The van der Waals surface area contributed by atoms with Gasteiger partial charge in [0.05, 0.1) is 17.2 Å². The summed E-state index contributed by atoms with van der Waals surface area (Å²) >= 11 is 0. The Morgan fingerprint density at radius 3 is 2.59 bits per heavy atom. The first-order chi connectivity index (χ1) is 13.1. The summed E-state index contributed by atoms with van der Waals surface area (Å²) in [5, 5.41) is 8.93. The van der Waals surface area contributed by atoms with Crippen LogP contribution < -0.4 is 0 Å². The van der Waals surface area contributed by atoms with Crippen molar-refractivity contribution in [2.75, 3.05) is 0 Å². The number of rotatable bonds is 3. The van der Waals surface area contributed by atoms with Gasteiger partial charge in [-0.25, -0.2) is 8.78 Å². The zero-order valence-corrected chi connectivity index (χ0v) is 15.8. The van der Waals surface area contributed by atoms with Gasteiger partial charge < -0.3 is 0 Å². The lowest BCUT2D eigenvalue weighted by Crippen LogP contribution is -2.29. The van der Waals surface area contributed by atoms with Crippen molar-refractivity contribution < 1.29 is 8.78 Å². The van der Waals surface area contributed by atoms with E-state index in [-0.39, 0.29) is 5.56 Å². The average Bonchev–Trinajstić information content (AvgIpc) is 2.68. The lowest BCUT2D eigenvalue weighted by molar-refractivity contribution is 0.199. The van der Waals surface area contributed by atoms with Gasteiger partial charge in [-0.3, -0.25) is 0 Å². The fourth-order valence-electron chi connectivity index (χ4n) is 5.33. The molecule has 0 radical (unpaired) electrons. The van der Waals surface area contributed by atoms with E-state index in [1.54, 1.807) is 30.3 Å². The molecule has 2 aliphatic carbocycles. The third-order valence-electron chi connectivity index (χ3n) is 6.61. The molecule has 0 amide bonds. The van der Waals surface area contributed by atoms with Crippen molar-refractivity contribution in [2.45, 2.75) is 57.8 Å². The molecule has 3 unspecified atom stereocenters. The van der Waals surface area contributed by atoms with Gasteiger partial charge in [0.15, 0.2) is 0 Å². The van der Waals surface area contributed by atoms with Gasteiger partial charge in [0.1, 0.15) is 11.6 Å². The molecule has 2 aromatic rings. The number of benzene rings is 2. The van der Waals surface area contributed by atoms with Gasteiger partial charge in [0, 0.05) is 0 Å². The summed E-state index contributed by atoms with van der Waals surface area (Å²) in [5.74, 6) is 0.782. The maximum atomic E-state index is 15.3. The molecular weight excluding hydrogens is 340 g/mol. The Morgan fingerprint density at radius 2 is 1.89 bits per heavy atom. The van der Waals surface area contributed by atoms with E-state index in [4.69, 9.17) is 5.26 Å². The second kappa shape index (κ2) is 7.43. The summed E-state index contributed by atoms with van der Waals surface area (Å²) in [5.41, 5.74) is 2.67. The molecule has 140 valence electrons. The molecule has 1 nitrogen and oxygen atoms in total. The van der Waals surface area contributed by atoms with Crippen LogP contribution in [0.25, 0.3) is 11.1 Å². The maximum absolute atomic E-state index is 15.3. The van der Waals surface area contributed by atoms with E-state index in [0.29, 0.717) is 34.9 Å². The van der Waals surface area contributed by atoms with Crippen LogP contribution in [-0.4, -0.2) is 0 Å². The highest BCUT2D eigenvalue weighted by molar-refractivity contribution is 5.68. The first kappa shape index (κ1) is 18.2. The highest BCUT2D eigenvalue weighted by atomic mass is 19.1. The number of hydrogen-bond donors (Lipinski definition) is 0. The molecule has 0 aromatic heterocycles. The van der Waals surface area contributed by atoms with Crippen LogP contribution in [0, 0.1) is 34.8 Å². The lowest BCUT2D eigenvalue weighted by atomic mass is 9.64. The summed E-state index contributed by atoms with van der Waals surface area (Å²) in [6.45, 7) is 2.23. The highest BCUT2D eigenvalue weighted by Crippen LogP contribution is 2.49. The number of nitriles is 1. The third-order valence-corrected chi connectivity index (χ3v) is 6.61. The fraction of sp³-hybridized carbons (Fsp3) is 0.458. The predicted molar refractivity (Wildman–Crippen MR) is 103 cm³/mol. The lowest BCUT2D eigenvalue weighted by Gasteiger charge is -2.41. The molecule has 3 heteroatoms. The van der Waals surface area contributed by atoms with Crippen molar-refractivity contribution in [3.63, 3.8) is 0 Å². The van der Waals surface area contributed by atoms with Gasteiger partial charge in [-0.05, 0) is 84.7 Å². The standard InChI is InChI=1S/C24H25F2N/c1-2-3-15-6-10-19-18(12-15)9-11-20-21(19)13-22(25)23(24(20)26)17-7-4-16(14-27)5-8-17/h4-5,7-8,13,15,18-19H,2-3,6,9-12H2,1H3. The summed E-state index contributed by atoms with van der Waals surface area (Å²) in [6, 6.07) is 10.1. The van der Waals surface area contributed by atoms with Crippen LogP contribution in [0.4, 0.5) is 8.78 Å². The average molecular weight is 365 g/mol. The largest absolute Gasteiger partial charge is 0.206 e. The van der Waals surface area contributed by atoms with Crippen molar-refractivity contribution in [2.24, 2.45) is 11.8 Å². The summed E-state index contributed by atoms with van der Waals surface area (Å²) in [7, 11) is 0. The quantitative estimate of drug-likeness (QED) is 0.590. The van der Waals surface area contributed by atoms with Crippen molar-refractivity contribution in [1.29, 1.82) is 5.26 Å². The summed E-state index contributed by atoms with van der Waals surface area (Å²) < 4.78 is 30.3. The minimum atomic E-state index is -0.479. The molecule has 0 saturated heterocycles. The Kier molecular flexibility index (Phi) is 5.00. The van der Waals surface area contributed by atoms with Crippen LogP contribution in [0.15, 0.2) is 30.3 Å². The van der Waals surface area contributed by atoms with Crippen molar-refractivity contribution in [3.05, 3.63) is 58.7 Å². The van der Waals surface area contributed by atoms with Crippen molar-refractivity contribution in [1.82, 2.24) is 0 Å². The zero-order chi connectivity index (χ0) is 19.0. The SMILES string of the molecule is CCCC1CCC2c3cc(F)c(-c4ccc(C#N)cc4)c(F)c3CCC2C1. The van der Waals surface area contributed by atoms with Gasteiger partial charge in [0.2, 0.25) is 0 Å². The molecular formula is C24H25F2N. The molecule has 27 heavy (non-hydrogen) atoms. The van der Waals surface area contributed by atoms with Crippen LogP contribution in [0.3, 0.4) is 0 Å². The molecule has 0 bridgehead atoms. The molecule has 3 atom stereocenters. The molecule has 0 spiro atoms. The maximum Gasteiger partial charge on any atom is 0.137 e. The van der Waals surface area contributed by atoms with Gasteiger partial charge >= 0.3 is 0 Å². The van der Waals surface area contributed by atoms with Crippen LogP contribution in [0.2, 0.25) is 0 Å². The molecule has 1 saturated carbocycles. The smallest absolute Gasteiger partial charge is 0.137 e. The number of nitrogens with zero attached hydrogens (tertiary/aromatic N) is 1. The molecule has 4 rings (SSSR count). The van der Waals surface area contributed by atoms with E-state index in [1.807, 2.05) is 6.07 Å². The van der Waals surface area contributed by atoms with E-state index in [2.05, 4.69) is 6.92 Å². The normalized spacial score (nSPS) is 24.0. The number of fused-ring (bicyclic) bond motifs is 3. The Balaban J connectivity index is 1.70. The van der Waals surface area contributed by atoms with E-state index in [9.17, 15) is 4.39 Å². The highest BCUT2D eigenvalue weighted by Gasteiger charge is 2.37. The minimum Gasteiger partial charge on any atom is -0.206 e. The summed E-state index contributed by atoms with van der Waals surface area (Å²) in [4.78, 5) is 0. The van der Waals surface area contributed by atoms with Gasteiger partial charge in [-0.15, -0.1) is 0 Å². The van der Waals surface area contributed by atoms with Gasteiger partial charge in [-0.1, -0.05) is 31.9 Å². The van der Waals surface area contributed by atoms with Crippen LogP contribution in [0.1, 0.15) is 68.1 Å². The Labute approximate surface area is 160 Å². The van der Waals surface area contributed by atoms with Crippen molar-refractivity contribution in [3.8, 4) is 17.2 Å². The molecule has 0 N–H and O–H groups in total. The zero-order valence-electron chi connectivity index (χ0n) is 15.8. The molecule has 2 aliphatic rings. The molecule has 0 heterocycles. The predicted octanol–water partition coefficient (Wildman–Crippen LogP) is 6.75. The van der Waals surface area contributed by atoms with Gasteiger partial charge in [-0.2, -0.15) is 5.26 Å². The second-order valence-corrected chi connectivity index (χ2v) is 8.18. The van der Waals surface area contributed by atoms with E-state index in [0.717, 1.165) is 24.3 Å². The van der Waals surface area contributed by atoms with E-state index >= 15 is 4.39 Å². The second-order valence-electron chi connectivity index (χ2n) is 8.18. The van der Waals surface area contributed by atoms with Crippen LogP contribution in [0.5, 0.6) is 0 Å². The van der Waals surface area contributed by atoms with E-state index in [1.165, 1.54) is 25.7 Å². The minimum absolute atomic E-state index is 0.0522. The Hall–Kier alpha value is -2.21. The fourth-order valence-corrected chi connectivity index (χ4v) is 5.33. The molecule has 2 aromatic carbocycles. The molecule has 0 aliphatic heterocycles. The van der Waals surface area contributed by atoms with Crippen LogP contribution >= 0.6 is 0 Å². The Bertz CT molecular complexity index is 879.